The molecule has 10 nitrogen and oxygen atoms in total. The molecule has 3 fully saturated rings. The first-order valence-corrected chi connectivity index (χ1v) is 16.4. The lowest BCUT2D eigenvalue weighted by atomic mass is 9.77. The number of carboxylic acids is 1. The molecule has 252 valence electrons. The van der Waals surface area contributed by atoms with E-state index in [9.17, 15) is 24.6 Å². The Labute approximate surface area is 277 Å². The van der Waals surface area contributed by atoms with Gasteiger partial charge in [0.25, 0.3) is 0 Å². The molecule has 46 heavy (non-hydrogen) atoms. The minimum atomic E-state index is -1.01. The van der Waals surface area contributed by atoms with E-state index < -0.39 is 23.2 Å². The maximum Gasteiger partial charge on any atom is 0.335 e. The molecule has 2 heterocycles. The molecule has 1 aliphatic carbocycles. The summed E-state index contributed by atoms with van der Waals surface area (Å²) >= 11 is 0. The fourth-order valence-corrected chi connectivity index (χ4v) is 7.13. The van der Waals surface area contributed by atoms with Crippen molar-refractivity contribution in [2.75, 3.05) is 26.7 Å². The van der Waals surface area contributed by atoms with Gasteiger partial charge in [-0.15, -0.1) is 12.4 Å². The van der Waals surface area contributed by atoms with Crippen molar-refractivity contribution in [2.24, 2.45) is 0 Å². The Morgan fingerprint density at radius 2 is 1.72 bits per heavy atom. The van der Waals surface area contributed by atoms with Gasteiger partial charge < -0.3 is 29.9 Å². The van der Waals surface area contributed by atoms with Crippen molar-refractivity contribution in [2.45, 2.75) is 101 Å². The number of carbonyl (C=O) groups is 3. The van der Waals surface area contributed by atoms with Gasteiger partial charge in [0, 0.05) is 38.2 Å². The third-order valence-corrected chi connectivity index (χ3v) is 9.85. The molecule has 2 aromatic rings. The molecule has 0 radical (unpaired) electrons. The Morgan fingerprint density at radius 1 is 1.02 bits per heavy atom. The number of carbonyl (C=O) groups excluding carboxylic acids is 2. The number of likely N-dealkylation sites (tertiary alicyclic amines) is 1. The van der Waals surface area contributed by atoms with Crippen LogP contribution in [-0.4, -0.2) is 81.7 Å². The summed E-state index contributed by atoms with van der Waals surface area (Å²) in [6.07, 6.45) is 7.63. The second-order valence-corrected chi connectivity index (χ2v) is 12.9. The van der Waals surface area contributed by atoms with Gasteiger partial charge in [0.15, 0.2) is 0 Å². The molecule has 0 unspecified atom stereocenters. The summed E-state index contributed by atoms with van der Waals surface area (Å²) in [5, 5.41) is 23.4. The molecule has 0 aromatic heterocycles. The van der Waals surface area contributed by atoms with Gasteiger partial charge in [0.05, 0.1) is 18.3 Å². The second-order valence-electron chi connectivity index (χ2n) is 12.9. The highest BCUT2D eigenvalue weighted by Gasteiger charge is 2.54. The van der Waals surface area contributed by atoms with Crippen molar-refractivity contribution in [3.8, 4) is 11.5 Å². The summed E-state index contributed by atoms with van der Waals surface area (Å²) in [7, 11) is 1.50. The van der Waals surface area contributed by atoms with Crippen molar-refractivity contribution in [3.05, 3.63) is 59.2 Å². The van der Waals surface area contributed by atoms with Crippen molar-refractivity contribution in [3.63, 3.8) is 0 Å². The number of piperidine rings is 1. The summed E-state index contributed by atoms with van der Waals surface area (Å²) in [4.78, 5) is 43.0. The molecule has 11 heteroatoms. The number of carboxylic acid groups (broad SMARTS) is 1. The minimum absolute atomic E-state index is 0. The first kappa shape index (κ1) is 35.5. The van der Waals surface area contributed by atoms with Crippen LogP contribution < -0.4 is 14.8 Å². The number of hydrogen-bond acceptors (Lipinski definition) is 7. The van der Waals surface area contributed by atoms with Crippen molar-refractivity contribution < 1.29 is 34.1 Å². The highest BCUT2D eigenvalue weighted by Crippen LogP contribution is 2.38. The van der Waals surface area contributed by atoms with E-state index >= 15 is 0 Å². The molecule has 2 amide bonds. The second kappa shape index (κ2) is 15.5. The number of ether oxygens (including phenoxy) is 2. The number of halogens is 1. The van der Waals surface area contributed by atoms with E-state index in [0.29, 0.717) is 63.2 Å². The lowest BCUT2D eigenvalue weighted by molar-refractivity contribution is -0.163. The van der Waals surface area contributed by atoms with Crippen LogP contribution >= 0.6 is 12.4 Å². The van der Waals surface area contributed by atoms with E-state index in [4.69, 9.17) is 9.47 Å². The predicted octanol–water partition coefficient (Wildman–Crippen LogP) is 4.94. The molecule has 0 bridgehead atoms. The van der Waals surface area contributed by atoms with Crippen LogP contribution in [-0.2, 0) is 22.7 Å². The molecule has 3 aliphatic rings. The van der Waals surface area contributed by atoms with Gasteiger partial charge in [-0.25, -0.2) is 4.79 Å². The zero-order valence-corrected chi connectivity index (χ0v) is 27.8. The quantitative estimate of drug-likeness (QED) is 0.293. The first-order chi connectivity index (χ1) is 21.7. The molecule has 3 N–H and O–H groups in total. The first-order valence-electron chi connectivity index (χ1n) is 16.4. The molecule has 5 rings (SSSR count). The molecule has 2 saturated heterocycles. The van der Waals surface area contributed by atoms with Crippen LogP contribution in [0.3, 0.4) is 0 Å². The zero-order valence-electron chi connectivity index (χ0n) is 27.0. The summed E-state index contributed by atoms with van der Waals surface area (Å²) in [6, 6.07) is 11.9. The SMILES string of the molecule is CCCCN1C(=O)[C@@H](CC2(O)CCCCC2)NC(=O)C12CCN(Cc1ccc(OCc3ccc(C(=O)O)cc3OC)cc1)CC2.Cl. The average Bonchev–Trinajstić information content (AvgIpc) is 3.04. The number of nitrogens with zero attached hydrogens (tertiary/aromatic N) is 2. The molecule has 1 saturated carbocycles. The summed E-state index contributed by atoms with van der Waals surface area (Å²) in [6.45, 7) is 5.02. The third-order valence-electron chi connectivity index (χ3n) is 9.85. The van der Waals surface area contributed by atoms with E-state index in [1.165, 1.54) is 19.2 Å². The van der Waals surface area contributed by atoms with Crippen LogP contribution in [0.2, 0.25) is 0 Å². The highest BCUT2D eigenvalue weighted by atomic mass is 35.5. The smallest absolute Gasteiger partial charge is 0.335 e. The topological polar surface area (TPSA) is 129 Å². The van der Waals surface area contributed by atoms with E-state index in [-0.39, 0.29) is 36.4 Å². The van der Waals surface area contributed by atoms with E-state index in [1.54, 1.807) is 6.07 Å². The van der Waals surface area contributed by atoms with Gasteiger partial charge in [-0.1, -0.05) is 50.8 Å². The zero-order chi connectivity index (χ0) is 32.0. The van der Waals surface area contributed by atoms with E-state index in [2.05, 4.69) is 17.1 Å². The average molecular weight is 658 g/mol. The van der Waals surface area contributed by atoms with Gasteiger partial charge in [0.1, 0.15) is 29.7 Å². The van der Waals surface area contributed by atoms with Crippen LogP contribution in [0.4, 0.5) is 0 Å². The standard InChI is InChI=1S/C35H47N3O7.ClH/c1-3-4-18-38-31(39)29(22-34(43)14-6-5-7-15-34)36-33(42)35(38)16-19-37(20-17-35)23-25-8-12-28(13-9-25)45-24-27-11-10-26(32(40)41)21-30(27)44-2;/h8-13,21,29,43H,3-7,14-20,22-24H2,1-2H3,(H,36,42)(H,40,41);1H/t29-;/m1./s1. The number of unbranched alkanes of at least 4 members (excludes halogenated alkanes) is 1. The van der Waals surface area contributed by atoms with E-state index in [0.717, 1.165) is 49.8 Å². The molecule has 2 aliphatic heterocycles. The Bertz CT molecular complexity index is 1350. The Balaban J connectivity index is 0.00000480. The maximum atomic E-state index is 13.8. The maximum absolute atomic E-state index is 13.8. The van der Waals surface area contributed by atoms with Gasteiger partial charge in [0.2, 0.25) is 11.8 Å². The largest absolute Gasteiger partial charge is 0.496 e. The monoisotopic (exact) mass is 657 g/mol. The van der Waals surface area contributed by atoms with Gasteiger partial charge in [-0.2, -0.15) is 0 Å². The van der Waals surface area contributed by atoms with Gasteiger partial charge in [-0.05, 0) is 61.9 Å². The van der Waals surface area contributed by atoms with Crippen LogP contribution in [0.15, 0.2) is 42.5 Å². The van der Waals surface area contributed by atoms with Gasteiger partial charge in [-0.3, -0.25) is 14.5 Å². The van der Waals surface area contributed by atoms with Crippen molar-refractivity contribution in [1.82, 2.24) is 15.1 Å². The molecular formula is C35H48ClN3O7. The number of amides is 2. The summed E-state index contributed by atoms with van der Waals surface area (Å²) in [5.74, 6) is 0.0354. The Hall–Kier alpha value is -3.34. The van der Waals surface area contributed by atoms with Crippen LogP contribution in [0.25, 0.3) is 0 Å². The molecule has 1 spiro atoms. The lowest BCUT2D eigenvalue weighted by Crippen LogP contribution is -2.73. The van der Waals surface area contributed by atoms with E-state index in [1.807, 2.05) is 29.2 Å². The lowest BCUT2D eigenvalue weighted by Gasteiger charge is -2.52. The van der Waals surface area contributed by atoms with Crippen LogP contribution in [0.1, 0.15) is 92.6 Å². The number of piperazine rings is 1. The summed E-state index contributed by atoms with van der Waals surface area (Å²) < 4.78 is 11.3. The number of hydrogen-bond donors (Lipinski definition) is 3. The summed E-state index contributed by atoms with van der Waals surface area (Å²) in [5.41, 5.74) is 0.316. The number of methoxy groups -OCH3 is 1. The van der Waals surface area contributed by atoms with Gasteiger partial charge >= 0.3 is 5.97 Å². The molecule has 1 atom stereocenters. The normalized spacial score (nSPS) is 20.9. The molecule has 2 aromatic carbocycles. The van der Waals surface area contributed by atoms with Crippen LogP contribution in [0.5, 0.6) is 11.5 Å². The Kier molecular flexibility index (Phi) is 12.0. The fourth-order valence-electron chi connectivity index (χ4n) is 7.13. The number of aromatic carboxylic acids is 1. The predicted molar refractivity (Wildman–Crippen MR) is 176 cm³/mol. The van der Waals surface area contributed by atoms with Crippen LogP contribution in [0, 0.1) is 0 Å². The molecular weight excluding hydrogens is 610 g/mol. The number of benzene rings is 2. The van der Waals surface area contributed by atoms with Crippen molar-refractivity contribution in [1.29, 1.82) is 0 Å². The van der Waals surface area contributed by atoms with Crippen molar-refractivity contribution >= 4 is 30.2 Å². The number of rotatable bonds is 12. The number of nitrogens with one attached hydrogen (secondary N) is 1. The minimum Gasteiger partial charge on any atom is -0.496 e. The highest BCUT2D eigenvalue weighted by molar-refractivity contribution is 6.00. The third kappa shape index (κ3) is 7.96. The number of aliphatic hydroxyl groups is 1. The fraction of sp³-hybridized carbons (Fsp3) is 0.571. The Morgan fingerprint density at radius 3 is 2.35 bits per heavy atom.